The van der Waals surface area contributed by atoms with Crippen LogP contribution in [0.3, 0.4) is 0 Å². The van der Waals surface area contributed by atoms with Gasteiger partial charge >= 0.3 is 0 Å². The maximum Gasteiger partial charge on any atom is 0.241 e. The van der Waals surface area contributed by atoms with Crippen molar-refractivity contribution in [1.29, 1.82) is 0 Å². The molecule has 2 amide bonds. The number of benzene rings is 4. The van der Waals surface area contributed by atoms with Crippen LogP contribution in [-0.2, 0) is 9.59 Å². The van der Waals surface area contributed by atoms with Crippen LogP contribution in [0.4, 0.5) is 11.4 Å². The number of hydrogen-bond donors (Lipinski definition) is 3. The molecular formula is C27H25N3O2. The molecule has 5 nitrogen and oxygen atoms in total. The van der Waals surface area contributed by atoms with Gasteiger partial charge in [0.15, 0.2) is 0 Å². The van der Waals surface area contributed by atoms with Crippen LogP contribution in [0.25, 0.3) is 32.7 Å². The summed E-state index contributed by atoms with van der Waals surface area (Å²) < 4.78 is 0. The van der Waals surface area contributed by atoms with Crippen molar-refractivity contribution in [3.05, 3.63) is 72.8 Å². The number of carbonyl (C=O) groups excluding carboxylic acids is 2. The SMILES string of the molecule is CC(=O)Nc1ccc2ccccc2c1-c1c(NC(=O)[C@@H]2CCCN2)ccc2ccccc12. The first kappa shape index (κ1) is 20.2. The van der Waals surface area contributed by atoms with Gasteiger partial charge in [0.1, 0.15) is 0 Å². The maximum atomic E-state index is 13.0. The fourth-order valence-electron chi connectivity index (χ4n) is 4.61. The molecule has 0 radical (unpaired) electrons. The van der Waals surface area contributed by atoms with Crippen LogP contribution < -0.4 is 16.0 Å². The minimum Gasteiger partial charge on any atom is -0.326 e. The van der Waals surface area contributed by atoms with Gasteiger partial charge in [0.25, 0.3) is 0 Å². The highest BCUT2D eigenvalue weighted by Crippen LogP contribution is 2.43. The molecule has 0 unspecified atom stereocenters. The molecule has 0 spiro atoms. The third kappa shape index (κ3) is 3.72. The van der Waals surface area contributed by atoms with E-state index in [0.29, 0.717) is 0 Å². The summed E-state index contributed by atoms with van der Waals surface area (Å²) in [7, 11) is 0. The quantitative estimate of drug-likeness (QED) is 0.417. The van der Waals surface area contributed by atoms with Crippen LogP contribution >= 0.6 is 0 Å². The van der Waals surface area contributed by atoms with Crippen LogP contribution in [0.1, 0.15) is 19.8 Å². The van der Waals surface area contributed by atoms with E-state index in [1.54, 1.807) is 0 Å². The molecule has 0 aromatic heterocycles. The monoisotopic (exact) mass is 423 g/mol. The predicted molar refractivity (Wildman–Crippen MR) is 131 cm³/mol. The molecule has 5 heteroatoms. The Labute approximate surface area is 186 Å². The Balaban J connectivity index is 1.78. The van der Waals surface area contributed by atoms with Gasteiger partial charge in [-0.05, 0) is 53.1 Å². The summed E-state index contributed by atoms with van der Waals surface area (Å²) in [4.78, 5) is 25.1. The molecule has 0 saturated carbocycles. The third-order valence-electron chi connectivity index (χ3n) is 6.05. The Bertz CT molecular complexity index is 1340. The van der Waals surface area contributed by atoms with Crippen LogP contribution in [0.2, 0.25) is 0 Å². The van der Waals surface area contributed by atoms with Crippen LogP contribution in [0.15, 0.2) is 72.8 Å². The van der Waals surface area contributed by atoms with E-state index in [1.807, 2.05) is 48.5 Å². The second kappa shape index (κ2) is 8.44. The van der Waals surface area contributed by atoms with Crippen LogP contribution in [-0.4, -0.2) is 24.4 Å². The van der Waals surface area contributed by atoms with E-state index in [4.69, 9.17) is 0 Å². The van der Waals surface area contributed by atoms with E-state index in [1.165, 1.54) is 6.92 Å². The standard InChI is InChI=1S/C27H25N3O2/c1-17(31)29-22-14-12-18-7-2-4-9-20(18)25(22)26-21-10-5-3-8-19(21)13-15-23(26)30-27(32)24-11-6-16-28-24/h2-5,7-10,12-15,24,28H,6,11,16H2,1H3,(H,29,31)(H,30,32)/t24-/m0/s1. The Morgan fingerprint density at radius 1 is 0.781 bits per heavy atom. The molecule has 4 aromatic rings. The van der Waals surface area contributed by atoms with Gasteiger partial charge in [-0.2, -0.15) is 0 Å². The van der Waals surface area contributed by atoms with E-state index in [9.17, 15) is 9.59 Å². The molecule has 32 heavy (non-hydrogen) atoms. The number of nitrogens with one attached hydrogen (secondary N) is 3. The summed E-state index contributed by atoms with van der Waals surface area (Å²) in [6, 6.07) is 24.0. The average Bonchev–Trinajstić information content (AvgIpc) is 3.34. The number of amides is 2. The summed E-state index contributed by atoms with van der Waals surface area (Å²) in [5.74, 6) is -0.164. The fourth-order valence-corrected chi connectivity index (χ4v) is 4.61. The number of anilines is 2. The van der Waals surface area contributed by atoms with Crippen LogP contribution in [0, 0.1) is 0 Å². The fraction of sp³-hybridized carbons (Fsp3) is 0.185. The molecule has 5 rings (SSSR count). The van der Waals surface area contributed by atoms with Gasteiger partial charge < -0.3 is 16.0 Å². The Morgan fingerprint density at radius 3 is 1.88 bits per heavy atom. The highest BCUT2D eigenvalue weighted by atomic mass is 16.2. The topological polar surface area (TPSA) is 70.2 Å². The van der Waals surface area contributed by atoms with Crippen molar-refractivity contribution in [1.82, 2.24) is 5.32 Å². The normalized spacial score (nSPS) is 15.7. The van der Waals surface area contributed by atoms with Gasteiger partial charge in [-0.15, -0.1) is 0 Å². The summed E-state index contributed by atoms with van der Waals surface area (Å²) in [5.41, 5.74) is 3.28. The van der Waals surface area contributed by atoms with E-state index >= 15 is 0 Å². The Hall–Kier alpha value is -3.70. The van der Waals surface area contributed by atoms with Crippen LogP contribution in [0.5, 0.6) is 0 Å². The largest absolute Gasteiger partial charge is 0.326 e. The summed E-state index contributed by atoms with van der Waals surface area (Å²) in [6.07, 6.45) is 1.83. The lowest BCUT2D eigenvalue weighted by atomic mass is 9.91. The zero-order valence-electron chi connectivity index (χ0n) is 17.9. The minimum absolute atomic E-state index is 0.0275. The second-order valence-corrected chi connectivity index (χ2v) is 8.24. The predicted octanol–water partition coefficient (Wildman–Crippen LogP) is 5.31. The second-order valence-electron chi connectivity index (χ2n) is 8.24. The third-order valence-corrected chi connectivity index (χ3v) is 6.05. The first-order valence-electron chi connectivity index (χ1n) is 11.0. The van der Waals surface area contributed by atoms with Crippen molar-refractivity contribution >= 4 is 44.7 Å². The molecule has 1 atom stereocenters. The minimum atomic E-state index is -0.184. The van der Waals surface area contributed by atoms with E-state index in [0.717, 1.165) is 63.4 Å². The van der Waals surface area contributed by atoms with Gasteiger partial charge in [0, 0.05) is 29.4 Å². The van der Waals surface area contributed by atoms with Crippen molar-refractivity contribution in [3.8, 4) is 11.1 Å². The van der Waals surface area contributed by atoms with E-state index in [-0.39, 0.29) is 17.9 Å². The highest BCUT2D eigenvalue weighted by molar-refractivity contribution is 6.16. The zero-order valence-corrected chi connectivity index (χ0v) is 17.9. The van der Waals surface area contributed by atoms with Crippen molar-refractivity contribution < 1.29 is 9.59 Å². The molecule has 1 aliphatic heterocycles. The van der Waals surface area contributed by atoms with Gasteiger partial charge in [-0.1, -0.05) is 60.7 Å². The van der Waals surface area contributed by atoms with Gasteiger partial charge in [-0.3, -0.25) is 9.59 Å². The maximum absolute atomic E-state index is 13.0. The number of rotatable bonds is 4. The Kier molecular flexibility index (Phi) is 5.33. The molecule has 0 bridgehead atoms. The van der Waals surface area contributed by atoms with Crippen molar-refractivity contribution in [2.24, 2.45) is 0 Å². The number of hydrogen-bond acceptors (Lipinski definition) is 3. The smallest absolute Gasteiger partial charge is 0.241 e. The summed E-state index contributed by atoms with van der Waals surface area (Å²) in [5, 5.41) is 13.6. The van der Waals surface area contributed by atoms with Gasteiger partial charge in [0.2, 0.25) is 11.8 Å². The van der Waals surface area contributed by atoms with Crippen molar-refractivity contribution in [2.75, 3.05) is 17.2 Å². The molecule has 1 aliphatic rings. The molecule has 160 valence electrons. The molecule has 3 N–H and O–H groups in total. The van der Waals surface area contributed by atoms with Crippen molar-refractivity contribution in [2.45, 2.75) is 25.8 Å². The zero-order chi connectivity index (χ0) is 22.1. The molecule has 4 aromatic carbocycles. The first-order valence-corrected chi connectivity index (χ1v) is 11.0. The summed E-state index contributed by atoms with van der Waals surface area (Å²) in [6.45, 7) is 2.37. The molecule has 1 heterocycles. The van der Waals surface area contributed by atoms with Gasteiger partial charge in [0.05, 0.1) is 6.04 Å². The Morgan fingerprint density at radius 2 is 1.34 bits per heavy atom. The molecule has 0 aliphatic carbocycles. The number of carbonyl (C=O) groups is 2. The first-order chi connectivity index (χ1) is 15.6. The molecular weight excluding hydrogens is 398 g/mol. The number of fused-ring (bicyclic) bond motifs is 2. The lowest BCUT2D eigenvalue weighted by Gasteiger charge is -2.20. The summed E-state index contributed by atoms with van der Waals surface area (Å²) >= 11 is 0. The molecule has 1 fully saturated rings. The van der Waals surface area contributed by atoms with Crippen molar-refractivity contribution in [3.63, 3.8) is 0 Å². The van der Waals surface area contributed by atoms with E-state index < -0.39 is 0 Å². The van der Waals surface area contributed by atoms with Gasteiger partial charge in [-0.25, -0.2) is 0 Å². The van der Waals surface area contributed by atoms with E-state index in [2.05, 4.69) is 40.2 Å². The lowest BCUT2D eigenvalue weighted by Crippen LogP contribution is -2.35. The molecule has 1 saturated heterocycles. The average molecular weight is 424 g/mol. The lowest BCUT2D eigenvalue weighted by molar-refractivity contribution is -0.117. The highest BCUT2D eigenvalue weighted by Gasteiger charge is 2.24.